The van der Waals surface area contributed by atoms with E-state index in [0.29, 0.717) is 0 Å². The molecular weight excluding hydrogens is 288 g/mol. The molecule has 0 bridgehead atoms. The summed E-state index contributed by atoms with van der Waals surface area (Å²) in [5, 5.41) is 6.34. The van der Waals surface area contributed by atoms with Gasteiger partial charge in [-0.05, 0) is 53.9 Å². The van der Waals surface area contributed by atoms with E-state index >= 15 is 0 Å². The van der Waals surface area contributed by atoms with Gasteiger partial charge in [-0.15, -0.1) is 11.3 Å². The lowest BCUT2D eigenvalue weighted by Crippen LogP contribution is -2.27. The Morgan fingerprint density at radius 1 is 1.44 bits per heavy atom. The molecule has 1 aromatic rings. The summed E-state index contributed by atoms with van der Waals surface area (Å²) in [6, 6.07) is 4.49. The van der Waals surface area contributed by atoms with E-state index in [0.717, 1.165) is 34.2 Å². The summed E-state index contributed by atoms with van der Waals surface area (Å²) in [6.45, 7) is 1.74. The Bertz CT molecular complexity index is 363. The van der Waals surface area contributed by atoms with Crippen molar-refractivity contribution in [2.24, 2.45) is 0 Å². The molecule has 0 spiro atoms. The maximum Gasteiger partial charge on any atom is 0.261 e. The van der Waals surface area contributed by atoms with E-state index < -0.39 is 0 Å². The van der Waals surface area contributed by atoms with Crippen LogP contribution < -0.4 is 10.6 Å². The van der Waals surface area contributed by atoms with Gasteiger partial charge >= 0.3 is 0 Å². The third-order valence-corrected chi connectivity index (χ3v) is 4.07. The fourth-order valence-electron chi connectivity index (χ4n) is 1.41. The van der Waals surface area contributed by atoms with Crippen LogP contribution >= 0.6 is 27.3 Å². The zero-order valence-electron chi connectivity index (χ0n) is 8.96. The lowest BCUT2D eigenvalue weighted by atomic mass is 10.4. The van der Waals surface area contributed by atoms with Gasteiger partial charge in [0.25, 0.3) is 5.91 Å². The largest absolute Gasteiger partial charge is 0.351 e. The smallest absolute Gasteiger partial charge is 0.261 e. The molecule has 0 saturated heterocycles. The molecule has 1 aliphatic carbocycles. The van der Waals surface area contributed by atoms with Crippen molar-refractivity contribution in [3.63, 3.8) is 0 Å². The number of rotatable bonds is 6. The maximum absolute atomic E-state index is 11.6. The summed E-state index contributed by atoms with van der Waals surface area (Å²) in [5.41, 5.74) is 0. The van der Waals surface area contributed by atoms with Gasteiger partial charge < -0.3 is 10.6 Å². The molecule has 1 aliphatic rings. The van der Waals surface area contributed by atoms with Crippen LogP contribution in [-0.4, -0.2) is 25.0 Å². The van der Waals surface area contributed by atoms with Crippen LogP contribution in [0.15, 0.2) is 15.9 Å². The highest BCUT2D eigenvalue weighted by Crippen LogP contribution is 2.21. The van der Waals surface area contributed by atoms with Crippen LogP contribution in [0.3, 0.4) is 0 Å². The van der Waals surface area contributed by atoms with Gasteiger partial charge in [0.2, 0.25) is 0 Å². The minimum atomic E-state index is 0.0297. The molecule has 1 fully saturated rings. The average molecular weight is 303 g/mol. The van der Waals surface area contributed by atoms with Gasteiger partial charge in [0.15, 0.2) is 0 Å². The second-order valence-corrected chi connectivity index (χ2v) is 6.40. The first-order valence-corrected chi connectivity index (χ1v) is 7.13. The molecule has 88 valence electrons. The summed E-state index contributed by atoms with van der Waals surface area (Å²) >= 11 is 4.81. The highest BCUT2D eigenvalue weighted by molar-refractivity contribution is 9.11. The molecular formula is C11H15BrN2OS. The molecule has 0 atom stereocenters. The first kappa shape index (κ1) is 12.1. The molecule has 1 aromatic heterocycles. The minimum absolute atomic E-state index is 0.0297. The van der Waals surface area contributed by atoms with Gasteiger partial charge in [-0.25, -0.2) is 0 Å². The van der Waals surface area contributed by atoms with Crippen LogP contribution in [0.25, 0.3) is 0 Å². The lowest BCUT2D eigenvalue weighted by Gasteiger charge is -2.04. The van der Waals surface area contributed by atoms with Gasteiger partial charge in [0.05, 0.1) is 8.66 Å². The van der Waals surface area contributed by atoms with E-state index in [1.165, 1.54) is 24.2 Å². The highest BCUT2D eigenvalue weighted by Gasteiger charge is 2.19. The summed E-state index contributed by atoms with van der Waals surface area (Å²) in [5.74, 6) is 0.0297. The predicted octanol–water partition coefficient (Wildman–Crippen LogP) is 2.38. The zero-order chi connectivity index (χ0) is 11.4. The minimum Gasteiger partial charge on any atom is -0.351 e. The number of carbonyl (C=O) groups is 1. The van der Waals surface area contributed by atoms with E-state index in [1.54, 1.807) is 0 Å². The highest BCUT2D eigenvalue weighted by atomic mass is 79.9. The Balaban J connectivity index is 1.59. The Labute approximate surface area is 108 Å². The standard InChI is InChI=1S/C11H15BrN2OS/c12-10-5-4-9(16-10)11(15)14-7-1-6-13-8-2-3-8/h4-5,8,13H,1-3,6-7H2,(H,14,15). The molecule has 1 amide bonds. The van der Waals surface area contributed by atoms with Crippen molar-refractivity contribution in [2.45, 2.75) is 25.3 Å². The predicted molar refractivity (Wildman–Crippen MR) is 70.0 cm³/mol. The van der Waals surface area contributed by atoms with Gasteiger partial charge in [-0.3, -0.25) is 4.79 Å². The molecule has 0 unspecified atom stereocenters. The number of thiophene rings is 1. The second-order valence-electron chi connectivity index (χ2n) is 3.94. The van der Waals surface area contributed by atoms with E-state index in [-0.39, 0.29) is 5.91 Å². The van der Waals surface area contributed by atoms with Crippen LogP contribution in [0.4, 0.5) is 0 Å². The van der Waals surface area contributed by atoms with Crippen molar-refractivity contribution in [3.05, 3.63) is 20.8 Å². The quantitative estimate of drug-likeness (QED) is 0.792. The number of halogens is 1. The Morgan fingerprint density at radius 2 is 2.25 bits per heavy atom. The van der Waals surface area contributed by atoms with Gasteiger partial charge in [-0.1, -0.05) is 0 Å². The van der Waals surface area contributed by atoms with Crippen LogP contribution in [0.1, 0.15) is 28.9 Å². The molecule has 3 nitrogen and oxygen atoms in total. The number of hydrogen-bond acceptors (Lipinski definition) is 3. The van der Waals surface area contributed by atoms with Crippen LogP contribution in [0.2, 0.25) is 0 Å². The Hall–Kier alpha value is -0.390. The number of nitrogens with one attached hydrogen (secondary N) is 2. The Kier molecular flexibility index (Phi) is 4.37. The molecule has 2 rings (SSSR count). The maximum atomic E-state index is 11.6. The summed E-state index contributed by atoms with van der Waals surface area (Å²) < 4.78 is 0.994. The molecule has 5 heteroatoms. The van der Waals surface area contributed by atoms with E-state index in [1.807, 2.05) is 12.1 Å². The summed E-state index contributed by atoms with van der Waals surface area (Å²) in [6.07, 6.45) is 3.62. The van der Waals surface area contributed by atoms with E-state index in [4.69, 9.17) is 0 Å². The number of amides is 1. The van der Waals surface area contributed by atoms with Gasteiger partial charge in [0, 0.05) is 12.6 Å². The van der Waals surface area contributed by atoms with Crippen LogP contribution in [-0.2, 0) is 0 Å². The normalized spacial score (nSPS) is 15.1. The fourth-order valence-corrected chi connectivity index (χ4v) is 2.71. The molecule has 1 heterocycles. The second kappa shape index (κ2) is 5.80. The number of hydrogen-bond donors (Lipinski definition) is 2. The van der Waals surface area contributed by atoms with Crippen LogP contribution in [0.5, 0.6) is 0 Å². The van der Waals surface area contributed by atoms with Gasteiger partial charge in [0.1, 0.15) is 0 Å². The van der Waals surface area contributed by atoms with Crippen LogP contribution in [0, 0.1) is 0 Å². The molecule has 16 heavy (non-hydrogen) atoms. The third kappa shape index (κ3) is 3.88. The zero-order valence-corrected chi connectivity index (χ0v) is 11.4. The topological polar surface area (TPSA) is 41.1 Å². The number of carbonyl (C=O) groups excluding carboxylic acids is 1. The molecule has 0 aliphatic heterocycles. The van der Waals surface area contributed by atoms with Crippen molar-refractivity contribution in [1.82, 2.24) is 10.6 Å². The first-order valence-electron chi connectivity index (χ1n) is 5.52. The molecule has 1 saturated carbocycles. The van der Waals surface area contributed by atoms with Crippen molar-refractivity contribution in [1.29, 1.82) is 0 Å². The fraction of sp³-hybridized carbons (Fsp3) is 0.545. The average Bonchev–Trinajstić information content (AvgIpc) is 2.99. The van der Waals surface area contributed by atoms with E-state index in [2.05, 4.69) is 26.6 Å². The summed E-state index contributed by atoms with van der Waals surface area (Å²) in [7, 11) is 0. The monoisotopic (exact) mass is 302 g/mol. The van der Waals surface area contributed by atoms with Gasteiger partial charge in [-0.2, -0.15) is 0 Å². The third-order valence-electron chi connectivity index (χ3n) is 2.45. The Morgan fingerprint density at radius 3 is 2.88 bits per heavy atom. The molecule has 0 aromatic carbocycles. The van der Waals surface area contributed by atoms with Crippen molar-refractivity contribution in [2.75, 3.05) is 13.1 Å². The summed E-state index contributed by atoms with van der Waals surface area (Å²) in [4.78, 5) is 12.4. The molecule has 0 radical (unpaired) electrons. The first-order chi connectivity index (χ1) is 7.75. The van der Waals surface area contributed by atoms with E-state index in [9.17, 15) is 4.79 Å². The van der Waals surface area contributed by atoms with Crippen molar-refractivity contribution >= 4 is 33.2 Å². The SMILES string of the molecule is O=C(NCCCNC1CC1)c1ccc(Br)s1. The van der Waals surface area contributed by atoms with Crippen molar-refractivity contribution in [3.8, 4) is 0 Å². The lowest BCUT2D eigenvalue weighted by molar-refractivity contribution is 0.0957. The molecule has 2 N–H and O–H groups in total. The van der Waals surface area contributed by atoms with Crippen molar-refractivity contribution < 1.29 is 4.79 Å².